The highest BCUT2D eigenvalue weighted by Gasteiger charge is 2.34. The van der Waals surface area contributed by atoms with Crippen molar-refractivity contribution in [1.82, 2.24) is 5.32 Å². The van der Waals surface area contributed by atoms with Crippen molar-refractivity contribution in [3.05, 3.63) is 71.8 Å². The Labute approximate surface area is 185 Å². The molecule has 3 aromatic carbocycles. The van der Waals surface area contributed by atoms with E-state index in [9.17, 15) is 9.59 Å². The fraction of sp³-hybridized carbons (Fsp3) is 0.125. The van der Waals surface area contributed by atoms with E-state index in [-0.39, 0.29) is 10.7 Å². The lowest BCUT2D eigenvalue weighted by Crippen LogP contribution is -2.54. The molecule has 0 unspecified atom stereocenters. The molecule has 1 fully saturated rings. The van der Waals surface area contributed by atoms with E-state index in [4.69, 9.17) is 21.7 Å². The molecule has 0 radical (unpaired) electrons. The van der Waals surface area contributed by atoms with E-state index >= 15 is 0 Å². The Balaban J connectivity index is 1.79. The number of benzene rings is 3. The highest BCUT2D eigenvalue weighted by atomic mass is 32.1. The van der Waals surface area contributed by atoms with Crippen molar-refractivity contribution in [1.29, 1.82) is 0 Å². The van der Waals surface area contributed by atoms with Gasteiger partial charge >= 0.3 is 0 Å². The summed E-state index contributed by atoms with van der Waals surface area (Å²) in [6.45, 7) is 2.43. The number of carbonyl (C=O) groups excluding carboxylic acids is 2. The molecule has 1 aliphatic heterocycles. The molecule has 1 heterocycles. The van der Waals surface area contributed by atoms with Crippen LogP contribution >= 0.6 is 12.2 Å². The van der Waals surface area contributed by atoms with E-state index in [0.29, 0.717) is 29.4 Å². The molecule has 0 saturated carbocycles. The highest BCUT2D eigenvalue weighted by molar-refractivity contribution is 7.80. The van der Waals surface area contributed by atoms with E-state index in [1.54, 1.807) is 37.5 Å². The van der Waals surface area contributed by atoms with Gasteiger partial charge in [0, 0.05) is 5.56 Å². The van der Waals surface area contributed by atoms with Crippen molar-refractivity contribution in [3.63, 3.8) is 0 Å². The number of anilines is 1. The number of hydrogen-bond donors (Lipinski definition) is 1. The van der Waals surface area contributed by atoms with Gasteiger partial charge in [0.25, 0.3) is 11.8 Å². The van der Waals surface area contributed by atoms with Crippen LogP contribution in [0.2, 0.25) is 0 Å². The first kappa shape index (κ1) is 20.6. The number of nitrogens with zero attached hydrogens (tertiary/aromatic N) is 1. The first-order valence-electron chi connectivity index (χ1n) is 9.73. The summed E-state index contributed by atoms with van der Waals surface area (Å²) in [5, 5.41) is 4.48. The number of fused-ring (bicyclic) bond motifs is 1. The standard InChI is InChI=1S/C24H20N2O4S/c1-3-30-17-11-9-16(10-12-17)26-23(28)20(22(27)25-24(26)31)14-19-18-7-5-4-6-15(18)8-13-21(19)29-2/h4-14H,3H2,1-2H3,(H,25,27,31). The molecule has 1 aliphatic rings. The molecule has 0 aliphatic carbocycles. The van der Waals surface area contributed by atoms with Gasteiger partial charge < -0.3 is 9.47 Å². The Bertz CT molecular complexity index is 1220. The minimum atomic E-state index is -0.549. The number of hydrogen-bond acceptors (Lipinski definition) is 5. The van der Waals surface area contributed by atoms with Gasteiger partial charge in [-0.25, -0.2) is 0 Å². The van der Waals surface area contributed by atoms with Crippen LogP contribution in [0.15, 0.2) is 66.2 Å². The van der Waals surface area contributed by atoms with Gasteiger partial charge in [-0.1, -0.05) is 30.3 Å². The number of rotatable bonds is 5. The first-order valence-corrected chi connectivity index (χ1v) is 10.1. The molecular weight excluding hydrogens is 412 g/mol. The normalized spacial score (nSPS) is 15.4. The molecule has 156 valence electrons. The molecule has 0 spiro atoms. The third-order valence-electron chi connectivity index (χ3n) is 4.95. The van der Waals surface area contributed by atoms with Crippen molar-refractivity contribution in [2.75, 3.05) is 18.6 Å². The van der Waals surface area contributed by atoms with Crippen molar-refractivity contribution in [3.8, 4) is 11.5 Å². The number of ether oxygens (including phenoxy) is 2. The molecule has 2 amide bonds. The molecular formula is C24H20N2O4S. The van der Waals surface area contributed by atoms with Gasteiger partial charge in [0.2, 0.25) is 0 Å². The molecule has 7 heteroatoms. The Kier molecular flexibility index (Phi) is 5.68. The number of nitrogens with one attached hydrogen (secondary N) is 1. The predicted octanol–water partition coefficient (Wildman–Crippen LogP) is 4.08. The molecule has 0 aromatic heterocycles. The largest absolute Gasteiger partial charge is 0.496 e. The number of thiocarbonyl (C=S) groups is 1. The van der Waals surface area contributed by atoms with E-state index in [1.807, 2.05) is 43.3 Å². The second-order valence-corrected chi connectivity index (χ2v) is 7.17. The summed E-state index contributed by atoms with van der Waals surface area (Å²) in [5.74, 6) is 0.189. The maximum absolute atomic E-state index is 13.3. The van der Waals surface area contributed by atoms with Gasteiger partial charge in [0.1, 0.15) is 17.1 Å². The summed E-state index contributed by atoms with van der Waals surface area (Å²) in [6, 6.07) is 18.4. The second kappa shape index (κ2) is 8.57. The van der Waals surface area contributed by atoms with Crippen LogP contribution in [0.25, 0.3) is 16.8 Å². The van der Waals surface area contributed by atoms with E-state index in [1.165, 1.54) is 4.90 Å². The molecule has 1 saturated heterocycles. The zero-order chi connectivity index (χ0) is 22.0. The van der Waals surface area contributed by atoms with Crippen LogP contribution in [0.3, 0.4) is 0 Å². The molecule has 4 rings (SSSR count). The van der Waals surface area contributed by atoms with Crippen molar-refractivity contribution >= 4 is 51.7 Å². The molecule has 31 heavy (non-hydrogen) atoms. The predicted molar refractivity (Wildman–Crippen MR) is 124 cm³/mol. The maximum Gasteiger partial charge on any atom is 0.270 e. The molecule has 0 atom stereocenters. The van der Waals surface area contributed by atoms with Gasteiger partial charge in [0.05, 0.1) is 19.4 Å². The average Bonchev–Trinajstić information content (AvgIpc) is 2.77. The smallest absolute Gasteiger partial charge is 0.270 e. The summed E-state index contributed by atoms with van der Waals surface area (Å²) >= 11 is 5.28. The Morgan fingerprint density at radius 2 is 1.77 bits per heavy atom. The summed E-state index contributed by atoms with van der Waals surface area (Å²) in [5.41, 5.74) is 1.16. The number of carbonyl (C=O) groups is 2. The van der Waals surface area contributed by atoms with E-state index in [2.05, 4.69) is 5.32 Å². The van der Waals surface area contributed by atoms with Crippen LogP contribution in [0, 0.1) is 0 Å². The highest BCUT2D eigenvalue weighted by Crippen LogP contribution is 2.31. The van der Waals surface area contributed by atoms with Gasteiger partial charge in [-0.15, -0.1) is 0 Å². The zero-order valence-electron chi connectivity index (χ0n) is 17.0. The van der Waals surface area contributed by atoms with E-state index in [0.717, 1.165) is 10.8 Å². The van der Waals surface area contributed by atoms with Crippen LogP contribution in [-0.2, 0) is 9.59 Å². The van der Waals surface area contributed by atoms with Gasteiger partial charge in [-0.05, 0) is 66.3 Å². The summed E-state index contributed by atoms with van der Waals surface area (Å²) in [7, 11) is 1.55. The molecule has 3 aromatic rings. The monoisotopic (exact) mass is 432 g/mol. The Hall–Kier alpha value is -3.71. The summed E-state index contributed by atoms with van der Waals surface area (Å²) in [4.78, 5) is 27.3. The minimum Gasteiger partial charge on any atom is -0.496 e. The Morgan fingerprint density at radius 3 is 2.48 bits per heavy atom. The SMILES string of the molecule is CCOc1ccc(N2C(=O)C(=Cc3c(OC)ccc4ccccc34)C(=O)NC2=S)cc1. The van der Waals surface area contributed by atoms with Crippen LogP contribution in [0.1, 0.15) is 12.5 Å². The average molecular weight is 433 g/mol. The number of amides is 2. The lowest BCUT2D eigenvalue weighted by molar-refractivity contribution is -0.122. The fourth-order valence-electron chi connectivity index (χ4n) is 3.50. The summed E-state index contributed by atoms with van der Waals surface area (Å²) in [6.07, 6.45) is 1.56. The third-order valence-corrected chi connectivity index (χ3v) is 5.23. The minimum absolute atomic E-state index is 0.0289. The van der Waals surface area contributed by atoms with Crippen molar-refractivity contribution in [2.24, 2.45) is 0 Å². The van der Waals surface area contributed by atoms with Crippen LogP contribution in [0.5, 0.6) is 11.5 Å². The van der Waals surface area contributed by atoms with Crippen molar-refractivity contribution < 1.29 is 19.1 Å². The second-order valence-electron chi connectivity index (χ2n) is 6.79. The topological polar surface area (TPSA) is 67.9 Å². The maximum atomic E-state index is 13.3. The molecule has 0 bridgehead atoms. The van der Waals surface area contributed by atoms with Crippen LogP contribution in [-0.4, -0.2) is 30.6 Å². The first-order chi connectivity index (χ1) is 15.0. The summed E-state index contributed by atoms with van der Waals surface area (Å²) < 4.78 is 10.9. The van der Waals surface area contributed by atoms with Crippen molar-refractivity contribution in [2.45, 2.75) is 6.92 Å². The third kappa shape index (κ3) is 3.87. The number of methoxy groups -OCH3 is 1. The van der Waals surface area contributed by atoms with Gasteiger partial charge in [-0.3, -0.25) is 19.8 Å². The Morgan fingerprint density at radius 1 is 1.03 bits per heavy atom. The molecule has 1 N–H and O–H groups in total. The lowest BCUT2D eigenvalue weighted by atomic mass is 9.99. The molecule has 6 nitrogen and oxygen atoms in total. The van der Waals surface area contributed by atoms with Gasteiger partial charge in [0.15, 0.2) is 5.11 Å². The lowest BCUT2D eigenvalue weighted by Gasteiger charge is -2.29. The van der Waals surface area contributed by atoms with Crippen LogP contribution in [0.4, 0.5) is 5.69 Å². The van der Waals surface area contributed by atoms with E-state index < -0.39 is 11.8 Å². The zero-order valence-corrected chi connectivity index (χ0v) is 17.9. The van der Waals surface area contributed by atoms with Crippen LogP contribution < -0.4 is 19.7 Å². The van der Waals surface area contributed by atoms with Gasteiger partial charge in [-0.2, -0.15) is 0 Å². The quantitative estimate of drug-likeness (QED) is 0.374. The fourth-order valence-corrected chi connectivity index (χ4v) is 3.78.